The van der Waals surface area contributed by atoms with Crippen molar-refractivity contribution in [1.82, 2.24) is 15.3 Å². The number of hydrogen-bond acceptors (Lipinski definition) is 4. The number of aromatic amines is 1. The van der Waals surface area contributed by atoms with Crippen molar-refractivity contribution < 1.29 is 4.74 Å². The second kappa shape index (κ2) is 4.96. The molecule has 5 heteroatoms. The van der Waals surface area contributed by atoms with Crippen LogP contribution in [0.4, 0.5) is 5.69 Å². The van der Waals surface area contributed by atoms with Gasteiger partial charge in [0.25, 0.3) is 0 Å². The fraction of sp³-hybridized carbons (Fsp3) is 0.462. The Kier molecular flexibility index (Phi) is 3.17. The highest BCUT2D eigenvalue weighted by atomic mass is 16.5. The number of hydrogen-bond donors (Lipinski definition) is 2. The van der Waals surface area contributed by atoms with Crippen LogP contribution in [-0.2, 0) is 4.74 Å². The number of benzene rings is 1. The molecule has 1 saturated heterocycles. The van der Waals surface area contributed by atoms with Gasteiger partial charge in [-0.2, -0.15) is 0 Å². The molecule has 96 valence electrons. The lowest BCUT2D eigenvalue weighted by atomic mass is 10.2. The number of ether oxygens (including phenoxy) is 1. The summed E-state index contributed by atoms with van der Waals surface area (Å²) in [7, 11) is 2.10. The van der Waals surface area contributed by atoms with Gasteiger partial charge in [-0.25, -0.2) is 4.98 Å². The number of aromatic nitrogens is 2. The Morgan fingerprint density at radius 3 is 3.28 bits per heavy atom. The number of rotatable bonds is 3. The summed E-state index contributed by atoms with van der Waals surface area (Å²) in [5.74, 6) is 0. The van der Waals surface area contributed by atoms with Crippen LogP contribution in [0, 0.1) is 0 Å². The van der Waals surface area contributed by atoms with Crippen molar-refractivity contribution in [2.45, 2.75) is 6.04 Å². The molecular weight excluding hydrogens is 228 g/mol. The molecule has 3 rings (SSSR count). The quantitative estimate of drug-likeness (QED) is 0.848. The summed E-state index contributed by atoms with van der Waals surface area (Å²) < 4.78 is 5.47. The van der Waals surface area contributed by atoms with E-state index in [2.05, 4.69) is 39.4 Å². The Balaban J connectivity index is 1.72. The topological polar surface area (TPSA) is 53.2 Å². The summed E-state index contributed by atoms with van der Waals surface area (Å²) in [6.07, 6.45) is 1.73. The molecule has 0 aliphatic carbocycles. The lowest BCUT2D eigenvalue weighted by Crippen LogP contribution is -2.47. The van der Waals surface area contributed by atoms with Crippen LogP contribution in [0.15, 0.2) is 24.5 Å². The molecule has 18 heavy (non-hydrogen) atoms. The van der Waals surface area contributed by atoms with Crippen molar-refractivity contribution in [3.8, 4) is 0 Å². The van der Waals surface area contributed by atoms with Crippen LogP contribution in [0.1, 0.15) is 0 Å². The molecule has 2 aromatic rings. The van der Waals surface area contributed by atoms with Crippen LogP contribution in [-0.4, -0.2) is 49.4 Å². The van der Waals surface area contributed by atoms with Crippen molar-refractivity contribution >= 4 is 16.7 Å². The van der Waals surface area contributed by atoms with Crippen molar-refractivity contribution in [3.63, 3.8) is 0 Å². The molecule has 2 N–H and O–H groups in total. The maximum absolute atomic E-state index is 5.47. The van der Waals surface area contributed by atoms with Crippen LogP contribution in [0.25, 0.3) is 11.0 Å². The number of nitrogens with zero attached hydrogens (tertiary/aromatic N) is 2. The van der Waals surface area contributed by atoms with E-state index >= 15 is 0 Å². The van der Waals surface area contributed by atoms with E-state index in [-0.39, 0.29) is 0 Å². The number of imidazole rings is 1. The van der Waals surface area contributed by atoms with Crippen molar-refractivity contribution in [2.75, 3.05) is 38.3 Å². The van der Waals surface area contributed by atoms with E-state index in [0.29, 0.717) is 6.04 Å². The summed E-state index contributed by atoms with van der Waals surface area (Å²) in [6.45, 7) is 3.49. The number of H-pyrrole nitrogens is 1. The third-order valence-corrected chi connectivity index (χ3v) is 3.34. The van der Waals surface area contributed by atoms with Gasteiger partial charge in [-0.1, -0.05) is 0 Å². The van der Waals surface area contributed by atoms with Crippen LogP contribution in [0.5, 0.6) is 0 Å². The lowest BCUT2D eigenvalue weighted by Gasteiger charge is -2.29. The molecule has 0 amide bonds. The Labute approximate surface area is 106 Å². The third kappa shape index (κ3) is 2.32. The summed E-state index contributed by atoms with van der Waals surface area (Å²) in [5.41, 5.74) is 3.28. The molecule has 0 radical (unpaired) electrons. The molecule has 0 bridgehead atoms. The average molecular weight is 246 g/mol. The largest absolute Gasteiger partial charge is 0.378 e. The standard InChI is InChI=1S/C13H18N4O/c1-17(7-10-8-18-5-4-14-10)11-2-3-12-13(6-11)16-9-15-12/h2-3,6,9-10,14H,4-5,7-8H2,1H3,(H,15,16). The monoisotopic (exact) mass is 246 g/mol. The van der Waals surface area contributed by atoms with Crippen molar-refractivity contribution in [2.24, 2.45) is 0 Å². The molecule has 0 spiro atoms. The summed E-state index contributed by atoms with van der Waals surface area (Å²) >= 11 is 0. The number of morpholine rings is 1. The first-order valence-electron chi connectivity index (χ1n) is 6.28. The van der Waals surface area contributed by atoms with Gasteiger partial charge >= 0.3 is 0 Å². The zero-order chi connectivity index (χ0) is 12.4. The molecule has 2 heterocycles. The Hall–Kier alpha value is -1.59. The first kappa shape index (κ1) is 11.5. The molecular formula is C13H18N4O. The minimum atomic E-state index is 0.404. The highest BCUT2D eigenvalue weighted by Crippen LogP contribution is 2.19. The summed E-state index contributed by atoms with van der Waals surface area (Å²) in [5, 5.41) is 3.47. The molecule has 1 atom stereocenters. The summed E-state index contributed by atoms with van der Waals surface area (Å²) in [4.78, 5) is 9.61. The molecule has 1 aromatic carbocycles. The normalized spacial score (nSPS) is 20.2. The second-order valence-electron chi connectivity index (χ2n) is 4.71. The fourth-order valence-corrected chi connectivity index (χ4v) is 2.33. The SMILES string of the molecule is CN(CC1COCCN1)c1ccc2nc[nH]c2c1. The van der Waals surface area contributed by atoms with Gasteiger partial charge in [0.2, 0.25) is 0 Å². The number of likely N-dealkylation sites (N-methyl/N-ethyl adjacent to an activating group) is 1. The van der Waals surface area contributed by atoms with Crippen molar-refractivity contribution in [3.05, 3.63) is 24.5 Å². The van der Waals surface area contributed by atoms with Crippen LogP contribution < -0.4 is 10.2 Å². The van der Waals surface area contributed by atoms with Gasteiger partial charge in [-0.05, 0) is 18.2 Å². The maximum atomic E-state index is 5.47. The van der Waals surface area contributed by atoms with E-state index in [1.165, 1.54) is 5.69 Å². The summed E-state index contributed by atoms with van der Waals surface area (Å²) in [6, 6.07) is 6.68. The zero-order valence-corrected chi connectivity index (χ0v) is 10.5. The predicted molar refractivity (Wildman–Crippen MR) is 72.0 cm³/mol. The lowest BCUT2D eigenvalue weighted by molar-refractivity contribution is 0.0791. The molecule has 1 fully saturated rings. The highest BCUT2D eigenvalue weighted by molar-refractivity contribution is 5.78. The van der Waals surface area contributed by atoms with E-state index < -0.39 is 0 Å². The van der Waals surface area contributed by atoms with E-state index in [1.54, 1.807) is 6.33 Å². The van der Waals surface area contributed by atoms with E-state index in [1.807, 2.05) is 6.07 Å². The van der Waals surface area contributed by atoms with Gasteiger partial charge in [0.15, 0.2) is 0 Å². The van der Waals surface area contributed by atoms with Gasteiger partial charge in [-0.15, -0.1) is 0 Å². The third-order valence-electron chi connectivity index (χ3n) is 3.34. The molecule has 1 unspecified atom stereocenters. The van der Waals surface area contributed by atoms with Crippen LogP contribution in [0.3, 0.4) is 0 Å². The maximum Gasteiger partial charge on any atom is 0.0931 e. The Morgan fingerprint density at radius 2 is 2.44 bits per heavy atom. The first-order valence-corrected chi connectivity index (χ1v) is 6.28. The van der Waals surface area contributed by atoms with Gasteiger partial charge in [-0.3, -0.25) is 0 Å². The van der Waals surface area contributed by atoms with E-state index in [0.717, 1.165) is 37.3 Å². The molecule has 1 aliphatic heterocycles. The predicted octanol–water partition coefficient (Wildman–Crippen LogP) is 0.987. The first-order chi connectivity index (χ1) is 8.83. The average Bonchev–Trinajstić information content (AvgIpc) is 2.87. The zero-order valence-electron chi connectivity index (χ0n) is 10.5. The Bertz CT molecular complexity index is 518. The smallest absolute Gasteiger partial charge is 0.0931 e. The molecule has 1 aromatic heterocycles. The second-order valence-corrected chi connectivity index (χ2v) is 4.71. The molecule has 5 nitrogen and oxygen atoms in total. The van der Waals surface area contributed by atoms with Gasteiger partial charge in [0.1, 0.15) is 0 Å². The van der Waals surface area contributed by atoms with Gasteiger partial charge in [0.05, 0.1) is 30.6 Å². The fourth-order valence-electron chi connectivity index (χ4n) is 2.33. The minimum absolute atomic E-state index is 0.404. The van der Waals surface area contributed by atoms with Crippen LogP contribution in [0.2, 0.25) is 0 Å². The number of fused-ring (bicyclic) bond motifs is 1. The van der Waals surface area contributed by atoms with E-state index in [9.17, 15) is 0 Å². The minimum Gasteiger partial charge on any atom is -0.378 e. The highest BCUT2D eigenvalue weighted by Gasteiger charge is 2.15. The molecule has 0 saturated carbocycles. The van der Waals surface area contributed by atoms with E-state index in [4.69, 9.17) is 4.74 Å². The van der Waals surface area contributed by atoms with Gasteiger partial charge in [0, 0.05) is 31.9 Å². The number of anilines is 1. The van der Waals surface area contributed by atoms with Gasteiger partial charge < -0.3 is 19.9 Å². The molecule has 1 aliphatic rings. The number of nitrogens with one attached hydrogen (secondary N) is 2. The Morgan fingerprint density at radius 1 is 1.50 bits per heavy atom. The van der Waals surface area contributed by atoms with Crippen molar-refractivity contribution in [1.29, 1.82) is 0 Å². The van der Waals surface area contributed by atoms with Crippen LogP contribution >= 0.6 is 0 Å².